The molecule has 1 fully saturated rings. The van der Waals surface area contributed by atoms with E-state index in [2.05, 4.69) is 0 Å². The molecular formula is C13H16N2O5. The van der Waals surface area contributed by atoms with E-state index in [-0.39, 0.29) is 11.3 Å². The largest absolute Gasteiger partial charge is 0.477 e. The molecule has 0 radical (unpaired) electrons. The first-order valence-electron chi connectivity index (χ1n) is 6.29. The summed E-state index contributed by atoms with van der Waals surface area (Å²) in [6.07, 6.45) is 0.877. The summed E-state index contributed by atoms with van der Waals surface area (Å²) in [7, 11) is 1.62. The highest BCUT2D eigenvalue weighted by atomic mass is 16.6. The van der Waals surface area contributed by atoms with Crippen LogP contribution in [0.1, 0.15) is 16.8 Å². The second-order valence-electron chi connectivity index (χ2n) is 4.79. The first-order chi connectivity index (χ1) is 9.54. The van der Waals surface area contributed by atoms with Gasteiger partial charge in [0.25, 0.3) is 0 Å². The van der Waals surface area contributed by atoms with Crippen LogP contribution in [0.5, 0.6) is 0 Å². The van der Waals surface area contributed by atoms with Gasteiger partial charge in [0.2, 0.25) is 0 Å². The van der Waals surface area contributed by atoms with Crippen LogP contribution in [0.15, 0.2) is 18.2 Å². The molecule has 1 heterocycles. The number of ether oxygens (including phenoxy) is 1. The molecule has 1 N–H and O–H groups in total. The highest BCUT2D eigenvalue weighted by Crippen LogP contribution is 2.34. The number of anilines is 1. The lowest BCUT2D eigenvalue weighted by atomic mass is 10.1. The van der Waals surface area contributed by atoms with Crippen molar-refractivity contribution >= 4 is 17.3 Å². The molecule has 0 aromatic heterocycles. The van der Waals surface area contributed by atoms with E-state index in [1.807, 2.05) is 4.90 Å². The first-order valence-corrected chi connectivity index (χ1v) is 6.29. The second-order valence-corrected chi connectivity index (χ2v) is 4.79. The second kappa shape index (κ2) is 5.87. The van der Waals surface area contributed by atoms with Crippen LogP contribution in [-0.2, 0) is 4.74 Å². The molecular weight excluding hydrogens is 264 g/mol. The molecule has 1 aromatic carbocycles. The fraction of sp³-hybridized carbons (Fsp3) is 0.462. The van der Waals surface area contributed by atoms with E-state index in [1.165, 1.54) is 12.1 Å². The lowest BCUT2D eigenvalue weighted by Gasteiger charge is -2.19. The van der Waals surface area contributed by atoms with Gasteiger partial charge in [0, 0.05) is 26.1 Å². The maximum absolute atomic E-state index is 11.2. The Morgan fingerprint density at radius 3 is 2.95 bits per heavy atom. The first kappa shape index (κ1) is 14.3. The van der Waals surface area contributed by atoms with E-state index in [0.717, 1.165) is 6.42 Å². The molecule has 1 unspecified atom stereocenters. The van der Waals surface area contributed by atoms with Gasteiger partial charge < -0.3 is 14.7 Å². The Labute approximate surface area is 115 Å². The van der Waals surface area contributed by atoms with Crippen molar-refractivity contribution in [2.24, 2.45) is 5.92 Å². The van der Waals surface area contributed by atoms with Gasteiger partial charge >= 0.3 is 11.7 Å². The van der Waals surface area contributed by atoms with Gasteiger partial charge in [-0.15, -0.1) is 0 Å². The summed E-state index contributed by atoms with van der Waals surface area (Å²) in [5.41, 5.74) is -0.241. The summed E-state index contributed by atoms with van der Waals surface area (Å²) >= 11 is 0. The molecule has 1 aromatic rings. The third kappa shape index (κ3) is 2.72. The van der Waals surface area contributed by atoms with Crippen molar-refractivity contribution in [2.45, 2.75) is 6.42 Å². The molecule has 20 heavy (non-hydrogen) atoms. The molecule has 108 valence electrons. The van der Waals surface area contributed by atoms with Crippen molar-refractivity contribution < 1.29 is 19.6 Å². The number of nitro benzene ring substituents is 1. The number of carboxylic acids is 1. The van der Waals surface area contributed by atoms with E-state index in [0.29, 0.717) is 31.3 Å². The van der Waals surface area contributed by atoms with Gasteiger partial charge in [0.05, 0.1) is 11.5 Å². The average molecular weight is 280 g/mol. The van der Waals surface area contributed by atoms with Crippen LogP contribution in [0.2, 0.25) is 0 Å². The number of benzene rings is 1. The van der Waals surface area contributed by atoms with Crippen molar-refractivity contribution in [2.75, 3.05) is 31.7 Å². The van der Waals surface area contributed by atoms with Crippen molar-refractivity contribution in [1.29, 1.82) is 0 Å². The third-order valence-corrected chi connectivity index (χ3v) is 3.46. The number of rotatable bonds is 5. The number of hydrogen-bond donors (Lipinski definition) is 1. The number of para-hydroxylation sites is 1. The maximum atomic E-state index is 11.2. The summed E-state index contributed by atoms with van der Waals surface area (Å²) in [6.45, 7) is 1.90. The molecule has 0 spiro atoms. The topological polar surface area (TPSA) is 92.9 Å². The highest BCUT2D eigenvalue weighted by Gasteiger charge is 2.31. The number of carbonyl (C=O) groups is 1. The molecule has 1 saturated heterocycles. The average Bonchev–Trinajstić information content (AvgIpc) is 2.86. The van der Waals surface area contributed by atoms with Crippen molar-refractivity contribution in [3.63, 3.8) is 0 Å². The fourth-order valence-electron chi connectivity index (χ4n) is 2.57. The van der Waals surface area contributed by atoms with Crippen LogP contribution in [-0.4, -0.2) is 42.8 Å². The van der Waals surface area contributed by atoms with Crippen LogP contribution >= 0.6 is 0 Å². The van der Waals surface area contributed by atoms with E-state index < -0.39 is 10.9 Å². The van der Waals surface area contributed by atoms with Crippen molar-refractivity contribution in [3.8, 4) is 0 Å². The lowest BCUT2D eigenvalue weighted by molar-refractivity contribution is -0.384. The van der Waals surface area contributed by atoms with Gasteiger partial charge in [0.1, 0.15) is 11.3 Å². The Morgan fingerprint density at radius 1 is 1.60 bits per heavy atom. The van der Waals surface area contributed by atoms with Gasteiger partial charge in [-0.25, -0.2) is 4.79 Å². The number of hydrogen-bond acceptors (Lipinski definition) is 5. The Morgan fingerprint density at radius 2 is 2.35 bits per heavy atom. The van der Waals surface area contributed by atoms with Gasteiger partial charge in [-0.3, -0.25) is 10.1 Å². The zero-order valence-corrected chi connectivity index (χ0v) is 11.1. The fourth-order valence-corrected chi connectivity index (χ4v) is 2.57. The quantitative estimate of drug-likeness (QED) is 0.652. The SMILES string of the molecule is COCC1CCN(c2cccc(C(=O)O)c2[N+](=O)[O-])C1. The Hall–Kier alpha value is -2.15. The predicted octanol–water partition coefficient (Wildman–Crippen LogP) is 1.77. The van der Waals surface area contributed by atoms with Crippen LogP contribution < -0.4 is 4.90 Å². The van der Waals surface area contributed by atoms with E-state index in [9.17, 15) is 14.9 Å². The monoisotopic (exact) mass is 280 g/mol. The molecule has 0 amide bonds. The zero-order chi connectivity index (χ0) is 14.7. The van der Waals surface area contributed by atoms with Crippen LogP contribution in [0.4, 0.5) is 11.4 Å². The zero-order valence-electron chi connectivity index (χ0n) is 11.1. The Kier molecular flexibility index (Phi) is 4.19. The van der Waals surface area contributed by atoms with Crippen molar-refractivity contribution in [3.05, 3.63) is 33.9 Å². The molecule has 7 heteroatoms. The minimum Gasteiger partial charge on any atom is -0.477 e. The Bertz CT molecular complexity index is 531. The Balaban J connectivity index is 2.35. The smallest absolute Gasteiger partial charge is 0.342 e. The standard InChI is InChI=1S/C13H16N2O5/c1-20-8-9-5-6-14(7-9)11-4-2-3-10(13(16)17)12(11)15(18)19/h2-4,9H,5-8H2,1H3,(H,16,17). The number of nitrogens with zero attached hydrogens (tertiary/aromatic N) is 2. The molecule has 0 saturated carbocycles. The van der Waals surface area contributed by atoms with Crippen LogP contribution in [0, 0.1) is 16.0 Å². The van der Waals surface area contributed by atoms with Crippen LogP contribution in [0.3, 0.4) is 0 Å². The minimum absolute atomic E-state index is 0.275. The summed E-state index contributed by atoms with van der Waals surface area (Å²) in [5, 5.41) is 20.3. The molecule has 7 nitrogen and oxygen atoms in total. The maximum Gasteiger partial charge on any atom is 0.342 e. The van der Waals surface area contributed by atoms with Gasteiger partial charge in [-0.2, -0.15) is 0 Å². The van der Waals surface area contributed by atoms with E-state index in [1.54, 1.807) is 13.2 Å². The van der Waals surface area contributed by atoms with Gasteiger partial charge in [0.15, 0.2) is 0 Å². The molecule has 2 rings (SSSR count). The minimum atomic E-state index is -1.29. The highest BCUT2D eigenvalue weighted by molar-refractivity contribution is 5.95. The van der Waals surface area contributed by atoms with E-state index >= 15 is 0 Å². The number of carboxylic acid groups (broad SMARTS) is 1. The van der Waals surface area contributed by atoms with Gasteiger partial charge in [-0.05, 0) is 18.6 Å². The summed E-state index contributed by atoms with van der Waals surface area (Å²) < 4.78 is 5.09. The molecule has 1 aliphatic rings. The van der Waals surface area contributed by atoms with E-state index in [4.69, 9.17) is 9.84 Å². The third-order valence-electron chi connectivity index (χ3n) is 3.46. The number of methoxy groups -OCH3 is 1. The number of nitro groups is 1. The normalized spacial score (nSPS) is 18.2. The van der Waals surface area contributed by atoms with Crippen LogP contribution in [0.25, 0.3) is 0 Å². The summed E-state index contributed by atoms with van der Waals surface area (Å²) in [4.78, 5) is 23.6. The predicted molar refractivity (Wildman–Crippen MR) is 72.3 cm³/mol. The molecule has 1 aliphatic heterocycles. The molecule has 0 aliphatic carbocycles. The van der Waals surface area contributed by atoms with Crippen molar-refractivity contribution in [1.82, 2.24) is 0 Å². The molecule has 1 atom stereocenters. The summed E-state index contributed by atoms with van der Waals surface area (Å²) in [6, 6.07) is 4.39. The summed E-state index contributed by atoms with van der Waals surface area (Å²) in [5.74, 6) is -0.973. The number of aromatic carboxylic acids is 1. The lowest BCUT2D eigenvalue weighted by Crippen LogP contribution is -2.22. The molecule has 0 bridgehead atoms. The van der Waals surface area contributed by atoms with Gasteiger partial charge in [-0.1, -0.05) is 6.07 Å².